The van der Waals surface area contributed by atoms with Gasteiger partial charge in [-0.3, -0.25) is 4.79 Å². The first-order chi connectivity index (χ1) is 7.58. The zero-order valence-electron chi connectivity index (χ0n) is 9.69. The standard InChI is InChI=1S/C12H15N3O/c1-8(2)12(16)14-9-4-5-11-10(6-9)13-7-15(11)3/h4-8H,1-3H3,(H,14,16). The number of aryl methyl sites for hydroxylation is 1. The van der Waals surface area contributed by atoms with Crippen molar-refractivity contribution >= 4 is 22.6 Å². The zero-order valence-corrected chi connectivity index (χ0v) is 9.69. The molecule has 0 aliphatic heterocycles. The number of rotatable bonds is 2. The second-order valence-electron chi connectivity index (χ2n) is 4.20. The number of imidazole rings is 1. The largest absolute Gasteiger partial charge is 0.334 e. The summed E-state index contributed by atoms with van der Waals surface area (Å²) >= 11 is 0. The van der Waals surface area contributed by atoms with E-state index in [-0.39, 0.29) is 11.8 Å². The number of carbonyl (C=O) groups is 1. The highest BCUT2D eigenvalue weighted by atomic mass is 16.1. The van der Waals surface area contributed by atoms with Crippen molar-refractivity contribution in [3.63, 3.8) is 0 Å². The number of hydrogen-bond donors (Lipinski definition) is 1. The molecule has 16 heavy (non-hydrogen) atoms. The van der Waals surface area contributed by atoms with Crippen LogP contribution in [0.1, 0.15) is 13.8 Å². The molecule has 0 saturated carbocycles. The molecule has 1 N–H and O–H groups in total. The van der Waals surface area contributed by atoms with E-state index in [1.54, 1.807) is 6.33 Å². The van der Waals surface area contributed by atoms with Crippen molar-refractivity contribution in [2.24, 2.45) is 13.0 Å². The minimum Gasteiger partial charge on any atom is -0.334 e. The first-order valence-electron chi connectivity index (χ1n) is 5.30. The fraction of sp³-hybridized carbons (Fsp3) is 0.333. The molecule has 2 rings (SSSR count). The minimum atomic E-state index is -0.0144. The van der Waals surface area contributed by atoms with Crippen LogP contribution in [-0.4, -0.2) is 15.5 Å². The summed E-state index contributed by atoms with van der Waals surface area (Å²) < 4.78 is 1.95. The predicted molar refractivity (Wildman–Crippen MR) is 64.2 cm³/mol. The number of hydrogen-bond acceptors (Lipinski definition) is 2. The molecule has 1 aromatic carbocycles. The molecule has 0 radical (unpaired) electrons. The Labute approximate surface area is 94.3 Å². The maximum absolute atomic E-state index is 11.5. The summed E-state index contributed by atoms with van der Waals surface area (Å²) in [5, 5.41) is 2.85. The van der Waals surface area contributed by atoms with E-state index in [0.29, 0.717) is 0 Å². The van der Waals surface area contributed by atoms with E-state index >= 15 is 0 Å². The highest BCUT2D eigenvalue weighted by Crippen LogP contribution is 2.17. The Hall–Kier alpha value is -1.84. The van der Waals surface area contributed by atoms with Gasteiger partial charge < -0.3 is 9.88 Å². The van der Waals surface area contributed by atoms with E-state index in [1.807, 2.05) is 43.7 Å². The summed E-state index contributed by atoms with van der Waals surface area (Å²) in [7, 11) is 1.95. The number of anilines is 1. The Balaban J connectivity index is 2.30. The van der Waals surface area contributed by atoms with E-state index in [2.05, 4.69) is 10.3 Å². The number of nitrogens with one attached hydrogen (secondary N) is 1. The summed E-state index contributed by atoms with van der Waals surface area (Å²) in [6.45, 7) is 3.74. The first kappa shape index (κ1) is 10.7. The Kier molecular flexibility index (Phi) is 2.64. The van der Waals surface area contributed by atoms with Crippen LogP contribution >= 0.6 is 0 Å². The van der Waals surface area contributed by atoms with Gasteiger partial charge in [0.2, 0.25) is 5.91 Å². The second kappa shape index (κ2) is 3.96. The van der Waals surface area contributed by atoms with Gasteiger partial charge in [0.1, 0.15) is 0 Å². The molecule has 0 aliphatic carbocycles. The molecule has 84 valence electrons. The highest BCUT2D eigenvalue weighted by molar-refractivity contribution is 5.94. The molecule has 0 atom stereocenters. The smallest absolute Gasteiger partial charge is 0.226 e. The Morgan fingerprint density at radius 3 is 2.88 bits per heavy atom. The summed E-state index contributed by atoms with van der Waals surface area (Å²) in [4.78, 5) is 15.8. The molecule has 1 heterocycles. The fourth-order valence-electron chi connectivity index (χ4n) is 1.50. The lowest BCUT2D eigenvalue weighted by molar-refractivity contribution is -0.118. The van der Waals surface area contributed by atoms with Gasteiger partial charge in [-0.1, -0.05) is 13.8 Å². The van der Waals surface area contributed by atoms with Gasteiger partial charge in [0, 0.05) is 18.7 Å². The van der Waals surface area contributed by atoms with Crippen molar-refractivity contribution in [3.8, 4) is 0 Å². The van der Waals surface area contributed by atoms with Crippen LogP contribution in [0.4, 0.5) is 5.69 Å². The van der Waals surface area contributed by atoms with Gasteiger partial charge in [-0.05, 0) is 18.2 Å². The molecule has 0 saturated heterocycles. The SMILES string of the molecule is CC(C)C(=O)Nc1ccc2c(c1)ncn2C. The summed E-state index contributed by atoms with van der Waals surface area (Å²) in [5.74, 6) is 0.00899. The van der Waals surface area contributed by atoms with Crippen molar-refractivity contribution in [1.82, 2.24) is 9.55 Å². The van der Waals surface area contributed by atoms with Crippen LogP contribution in [0.25, 0.3) is 11.0 Å². The second-order valence-corrected chi connectivity index (χ2v) is 4.20. The van der Waals surface area contributed by atoms with Crippen LogP contribution in [-0.2, 0) is 11.8 Å². The quantitative estimate of drug-likeness (QED) is 0.838. The van der Waals surface area contributed by atoms with Crippen LogP contribution < -0.4 is 5.32 Å². The topological polar surface area (TPSA) is 46.9 Å². The maximum Gasteiger partial charge on any atom is 0.226 e. The molecule has 1 amide bonds. The van der Waals surface area contributed by atoms with Crippen molar-refractivity contribution in [1.29, 1.82) is 0 Å². The van der Waals surface area contributed by atoms with Gasteiger partial charge >= 0.3 is 0 Å². The lowest BCUT2D eigenvalue weighted by Crippen LogP contribution is -2.17. The van der Waals surface area contributed by atoms with Gasteiger partial charge in [0.15, 0.2) is 0 Å². The lowest BCUT2D eigenvalue weighted by atomic mass is 10.2. The van der Waals surface area contributed by atoms with E-state index in [4.69, 9.17) is 0 Å². The number of aromatic nitrogens is 2. The van der Waals surface area contributed by atoms with Crippen molar-refractivity contribution in [2.45, 2.75) is 13.8 Å². The van der Waals surface area contributed by atoms with Crippen LogP contribution in [0, 0.1) is 5.92 Å². The normalized spacial score (nSPS) is 11.0. The average Bonchev–Trinajstić information content (AvgIpc) is 2.60. The number of benzene rings is 1. The average molecular weight is 217 g/mol. The van der Waals surface area contributed by atoms with Crippen LogP contribution in [0.15, 0.2) is 24.5 Å². The molecule has 2 aromatic rings. The van der Waals surface area contributed by atoms with Gasteiger partial charge in [-0.25, -0.2) is 4.98 Å². The fourth-order valence-corrected chi connectivity index (χ4v) is 1.50. The van der Waals surface area contributed by atoms with Gasteiger partial charge in [0.05, 0.1) is 17.4 Å². The van der Waals surface area contributed by atoms with Crippen molar-refractivity contribution in [3.05, 3.63) is 24.5 Å². The third-order valence-electron chi connectivity index (χ3n) is 2.52. The van der Waals surface area contributed by atoms with Gasteiger partial charge in [0.25, 0.3) is 0 Å². The molecular weight excluding hydrogens is 202 g/mol. The molecule has 4 nitrogen and oxygen atoms in total. The molecule has 0 unspecified atom stereocenters. The minimum absolute atomic E-state index is 0.0144. The number of fused-ring (bicyclic) bond motifs is 1. The highest BCUT2D eigenvalue weighted by Gasteiger charge is 2.08. The molecule has 1 aromatic heterocycles. The molecule has 0 spiro atoms. The number of amides is 1. The Morgan fingerprint density at radius 2 is 2.19 bits per heavy atom. The summed E-state index contributed by atoms with van der Waals surface area (Å²) in [5.41, 5.74) is 2.75. The molecule has 0 fully saturated rings. The third kappa shape index (κ3) is 1.91. The molecule has 0 bridgehead atoms. The number of carbonyl (C=O) groups excluding carboxylic acids is 1. The number of nitrogens with zero attached hydrogens (tertiary/aromatic N) is 2. The van der Waals surface area contributed by atoms with E-state index < -0.39 is 0 Å². The Bertz CT molecular complexity index is 528. The summed E-state index contributed by atoms with van der Waals surface area (Å²) in [6, 6.07) is 5.73. The van der Waals surface area contributed by atoms with E-state index in [0.717, 1.165) is 16.7 Å². The van der Waals surface area contributed by atoms with Gasteiger partial charge in [-0.15, -0.1) is 0 Å². The van der Waals surface area contributed by atoms with Crippen molar-refractivity contribution in [2.75, 3.05) is 5.32 Å². The Morgan fingerprint density at radius 1 is 1.44 bits per heavy atom. The predicted octanol–water partition coefficient (Wildman–Crippen LogP) is 2.17. The summed E-state index contributed by atoms with van der Waals surface area (Å²) in [6.07, 6.45) is 1.76. The monoisotopic (exact) mass is 217 g/mol. The van der Waals surface area contributed by atoms with Crippen LogP contribution in [0.5, 0.6) is 0 Å². The van der Waals surface area contributed by atoms with E-state index in [1.165, 1.54) is 0 Å². The molecule has 0 aliphatic rings. The zero-order chi connectivity index (χ0) is 11.7. The third-order valence-corrected chi connectivity index (χ3v) is 2.52. The van der Waals surface area contributed by atoms with Crippen LogP contribution in [0.2, 0.25) is 0 Å². The lowest BCUT2D eigenvalue weighted by Gasteiger charge is -2.07. The van der Waals surface area contributed by atoms with Crippen molar-refractivity contribution < 1.29 is 4.79 Å². The van der Waals surface area contributed by atoms with E-state index in [9.17, 15) is 4.79 Å². The molecular formula is C12H15N3O. The molecule has 4 heteroatoms. The first-order valence-corrected chi connectivity index (χ1v) is 5.30. The maximum atomic E-state index is 11.5. The van der Waals surface area contributed by atoms with Crippen LogP contribution in [0.3, 0.4) is 0 Å². The van der Waals surface area contributed by atoms with Gasteiger partial charge in [-0.2, -0.15) is 0 Å².